The van der Waals surface area contributed by atoms with Crippen molar-refractivity contribution >= 4 is 41.5 Å². The second-order valence-electron chi connectivity index (χ2n) is 7.17. The number of aliphatic imine (C=N–C) groups is 1. The minimum absolute atomic E-state index is 0. The molecular weight excluding hydrogens is 481 g/mol. The standard InChI is InChI=1S/C21H33N5O2.HI/c1-2-22-21(24-11-13-25-14-16-28-17-15-25)23-10-5-8-20(27)26-12-9-18-6-3-4-7-19(18)26;/h3-4,6-7H,2,5,8-17H2,1H3,(H2,22,23,24);1H. The van der Waals surface area contributed by atoms with E-state index < -0.39 is 0 Å². The van der Waals surface area contributed by atoms with Gasteiger partial charge >= 0.3 is 0 Å². The van der Waals surface area contributed by atoms with Gasteiger partial charge in [-0.05, 0) is 31.4 Å². The molecule has 0 bridgehead atoms. The number of para-hydroxylation sites is 1. The van der Waals surface area contributed by atoms with Crippen LogP contribution < -0.4 is 15.5 Å². The lowest BCUT2D eigenvalue weighted by molar-refractivity contribution is -0.118. The SMILES string of the molecule is CCNC(=NCCCC(=O)N1CCc2ccccc21)NCCN1CCOCC1.I. The molecule has 0 atom stereocenters. The first-order valence-electron chi connectivity index (χ1n) is 10.5. The summed E-state index contributed by atoms with van der Waals surface area (Å²) in [4.78, 5) is 21.5. The number of nitrogens with one attached hydrogen (secondary N) is 2. The molecule has 0 saturated carbocycles. The van der Waals surface area contributed by atoms with E-state index in [1.54, 1.807) is 0 Å². The van der Waals surface area contributed by atoms with Crippen LogP contribution in [0.1, 0.15) is 25.3 Å². The molecule has 1 aromatic carbocycles. The van der Waals surface area contributed by atoms with Crippen LogP contribution >= 0.6 is 24.0 Å². The van der Waals surface area contributed by atoms with E-state index >= 15 is 0 Å². The normalized spacial score (nSPS) is 16.9. The van der Waals surface area contributed by atoms with Gasteiger partial charge in [-0.2, -0.15) is 0 Å². The number of ether oxygens (including phenoxy) is 1. The van der Waals surface area contributed by atoms with Crippen molar-refractivity contribution in [3.8, 4) is 0 Å². The highest BCUT2D eigenvalue weighted by Gasteiger charge is 2.23. The molecule has 0 radical (unpaired) electrons. The maximum Gasteiger partial charge on any atom is 0.227 e. The van der Waals surface area contributed by atoms with E-state index in [0.717, 1.165) is 77.0 Å². The van der Waals surface area contributed by atoms with Crippen LogP contribution in [-0.4, -0.2) is 75.8 Å². The van der Waals surface area contributed by atoms with E-state index in [2.05, 4.69) is 33.5 Å². The van der Waals surface area contributed by atoms with Gasteiger partial charge in [0.25, 0.3) is 0 Å². The Hall–Kier alpha value is -1.39. The molecular formula is C21H34IN5O2. The Labute approximate surface area is 191 Å². The van der Waals surface area contributed by atoms with Gasteiger partial charge in [0.15, 0.2) is 5.96 Å². The molecule has 1 fully saturated rings. The van der Waals surface area contributed by atoms with E-state index in [0.29, 0.717) is 13.0 Å². The summed E-state index contributed by atoms with van der Waals surface area (Å²) in [5.41, 5.74) is 2.35. The first kappa shape index (κ1) is 23.9. The van der Waals surface area contributed by atoms with Crippen molar-refractivity contribution in [1.82, 2.24) is 15.5 Å². The highest BCUT2D eigenvalue weighted by atomic mass is 127. The molecule has 2 aliphatic heterocycles. The second kappa shape index (κ2) is 13.0. The third-order valence-corrected chi connectivity index (χ3v) is 5.18. The first-order valence-corrected chi connectivity index (χ1v) is 10.5. The predicted octanol–water partition coefficient (Wildman–Crippen LogP) is 1.86. The van der Waals surface area contributed by atoms with Crippen LogP contribution in [-0.2, 0) is 16.0 Å². The second-order valence-corrected chi connectivity index (χ2v) is 7.17. The van der Waals surface area contributed by atoms with E-state index in [1.165, 1.54) is 5.56 Å². The summed E-state index contributed by atoms with van der Waals surface area (Å²) in [6.45, 7) is 9.82. The molecule has 2 N–H and O–H groups in total. The number of carbonyl (C=O) groups is 1. The topological polar surface area (TPSA) is 69.2 Å². The monoisotopic (exact) mass is 515 g/mol. The largest absolute Gasteiger partial charge is 0.379 e. The first-order chi connectivity index (χ1) is 13.8. The molecule has 162 valence electrons. The molecule has 0 aromatic heterocycles. The number of guanidine groups is 1. The van der Waals surface area contributed by atoms with Crippen molar-refractivity contribution in [2.24, 2.45) is 4.99 Å². The summed E-state index contributed by atoms with van der Waals surface area (Å²) in [6.07, 6.45) is 2.25. The fourth-order valence-corrected chi connectivity index (χ4v) is 3.65. The number of carbonyl (C=O) groups excluding carboxylic acids is 1. The van der Waals surface area contributed by atoms with Crippen LogP contribution in [0.2, 0.25) is 0 Å². The fourth-order valence-electron chi connectivity index (χ4n) is 3.65. The van der Waals surface area contributed by atoms with Crippen molar-refractivity contribution in [1.29, 1.82) is 0 Å². The third-order valence-electron chi connectivity index (χ3n) is 5.18. The van der Waals surface area contributed by atoms with Gasteiger partial charge < -0.3 is 20.3 Å². The number of nitrogens with zero attached hydrogens (tertiary/aromatic N) is 3. The van der Waals surface area contributed by atoms with Crippen molar-refractivity contribution < 1.29 is 9.53 Å². The molecule has 1 aromatic rings. The van der Waals surface area contributed by atoms with Gasteiger partial charge in [-0.3, -0.25) is 14.7 Å². The fraction of sp³-hybridized carbons (Fsp3) is 0.619. The number of morpholine rings is 1. The molecule has 0 unspecified atom stereocenters. The molecule has 0 spiro atoms. The summed E-state index contributed by atoms with van der Waals surface area (Å²) in [6, 6.07) is 8.19. The Morgan fingerprint density at radius 2 is 1.97 bits per heavy atom. The zero-order valence-corrected chi connectivity index (χ0v) is 19.7. The summed E-state index contributed by atoms with van der Waals surface area (Å²) in [5, 5.41) is 6.66. The van der Waals surface area contributed by atoms with Crippen molar-refractivity contribution in [2.45, 2.75) is 26.2 Å². The lowest BCUT2D eigenvalue weighted by atomic mass is 10.2. The molecule has 29 heavy (non-hydrogen) atoms. The Morgan fingerprint density at radius 3 is 2.76 bits per heavy atom. The molecule has 1 amide bonds. The summed E-state index contributed by atoms with van der Waals surface area (Å²) < 4.78 is 5.38. The van der Waals surface area contributed by atoms with Crippen LogP contribution in [0, 0.1) is 0 Å². The molecule has 7 nitrogen and oxygen atoms in total. The molecule has 2 aliphatic rings. The zero-order valence-electron chi connectivity index (χ0n) is 17.4. The van der Waals surface area contributed by atoms with Crippen LogP contribution in [0.3, 0.4) is 0 Å². The van der Waals surface area contributed by atoms with Crippen molar-refractivity contribution in [3.63, 3.8) is 0 Å². The van der Waals surface area contributed by atoms with Crippen LogP contribution in [0.15, 0.2) is 29.3 Å². The smallest absolute Gasteiger partial charge is 0.227 e. The van der Waals surface area contributed by atoms with Crippen LogP contribution in [0.25, 0.3) is 0 Å². The lowest BCUT2D eigenvalue weighted by Gasteiger charge is -2.26. The number of amides is 1. The average molecular weight is 515 g/mol. The summed E-state index contributed by atoms with van der Waals surface area (Å²) in [5.74, 6) is 1.03. The maximum absolute atomic E-state index is 12.6. The number of hydrogen-bond acceptors (Lipinski definition) is 4. The Bertz CT molecular complexity index is 664. The van der Waals surface area contributed by atoms with E-state index in [9.17, 15) is 4.79 Å². The van der Waals surface area contributed by atoms with Gasteiger partial charge in [0, 0.05) is 57.9 Å². The highest BCUT2D eigenvalue weighted by Crippen LogP contribution is 2.27. The van der Waals surface area contributed by atoms with Gasteiger partial charge in [0.2, 0.25) is 5.91 Å². The number of fused-ring (bicyclic) bond motifs is 1. The molecule has 0 aliphatic carbocycles. The van der Waals surface area contributed by atoms with Gasteiger partial charge in [-0.15, -0.1) is 24.0 Å². The number of benzene rings is 1. The van der Waals surface area contributed by atoms with Crippen LogP contribution in [0.5, 0.6) is 0 Å². The van der Waals surface area contributed by atoms with Gasteiger partial charge in [-0.25, -0.2) is 0 Å². The Kier molecular flexibility index (Phi) is 10.7. The van der Waals surface area contributed by atoms with E-state index in [4.69, 9.17) is 4.74 Å². The van der Waals surface area contributed by atoms with Gasteiger partial charge in [-0.1, -0.05) is 18.2 Å². The van der Waals surface area contributed by atoms with Crippen LogP contribution in [0.4, 0.5) is 5.69 Å². The van der Waals surface area contributed by atoms with E-state index in [-0.39, 0.29) is 29.9 Å². The van der Waals surface area contributed by atoms with Gasteiger partial charge in [0.1, 0.15) is 0 Å². The Balaban J connectivity index is 0.00000300. The number of rotatable bonds is 8. The Morgan fingerprint density at radius 1 is 1.17 bits per heavy atom. The molecule has 3 rings (SSSR count). The molecule has 2 heterocycles. The lowest BCUT2D eigenvalue weighted by Crippen LogP contribution is -2.44. The minimum atomic E-state index is 0. The highest BCUT2D eigenvalue weighted by molar-refractivity contribution is 14.0. The summed E-state index contributed by atoms with van der Waals surface area (Å²) in [7, 11) is 0. The van der Waals surface area contributed by atoms with Crippen molar-refractivity contribution in [2.75, 3.05) is 63.9 Å². The summed E-state index contributed by atoms with van der Waals surface area (Å²) >= 11 is 0. The van der Waals surface area contributed by atoms with Crippen molar-refractivity contribution in [3.05, 3.63) is 29.8 Å². The quantitative estimate of drug-likeness (QED) is 0.240. The zero-order chi connectivity index (χ0) is 19.6. The average Bonchev–Trinajstić information content (AvgIpc) is 3.16. The minimum Gasteiger partial charge on any atom is -0.379 e. The molecule has 8 heteroatoms. The number of halogens is 1. The molecule has 1 saturated heterocycles. The maximum atomic E-state index is 12.6. The third kappa shape index (κ3) is 7.42. The number of anilines is 1. The van der Waals surface area contributed by atoms with Gasteiger partial charge in [0.05, 0.1) is 13.2 Å². The number of hydrogen-bond donors (Lipinski definition) is 2. The predicted molar refractivity (Wildman–Crippen MR) is 128 cm³/mol. The van der Waals surface area contributed by atoms with E-state index in [1.807, 2.05) is 23.1 Å².